The summed E-state index contributed by atoms with van der Waals surface area (Å²) in [5.74, 6) is 0. The van der Waals surface area contributed by atoms with Crippen LogP contribution in [0.2, 0.25) is 0 Å². The van der Waals surface area contributed by atoms with Crippen LogP contribution in [-0.2, 0) is 0 Å². The molecule has 1 aromatic carbocycles. The zero-order valence-electron chi connectivity index (χ0n) is 10.5. The van der Waals surface area contributed by atoms with Gasteiger partial charge in [0.2, 0.25) is 9.12 Å². The molecule has 0 atom stereocenters. The molecule has 92 valence electrons. The second kappa shape index (κ2) is 5.34. The molecule has 2 nitrogen and oxygen atoms in total. The highest BCUT2D eigenvalue weighted by atomic mass is 28.3. The summed E-state index contributed by atoms with van der Waals surface area (Å²) in [5.41, 5.74) is 0. The summed E-state index contributed by atoms with van der Waals surface area (Å²) in [6, 6.07) is 11.3. The molecule has 0 aromatic heterocycles. The molecule has 0 amide bonds. The Morgan fingerprint density at radius 3 is 1.65 bits per heavy atom. The van der Waals surface area contributed by atoms with Crippen molar-refractivity contribution in [2.45, 2.75) is 25.7 Å². The Morgan fingerprint density at radius 2 is 1.18 bits per heavy atom. The van der Waals surface area contributed by atoms with Gasteiger partial charge in [-0.15, -0.1) is 0 Å². The second-order valence-electron chi connectivity index (χ2n) is 5.27. The fourth-order valence-corrected chi connectivity index (χ4v) is 6.83. The summed E-state index contributed by atoms with van der Waals surface area (Å²) in [7, 11) is -1.03. The molecular weight excluding hydrogens is 224 g/mol. The predicted molar refractivity (Wildman–Crippen MR) is 74.8 cm³/mol. The van der Waals surface area contributed by atoms with E-state index in [1.54, 1.807) is 5.19 Å². The molecule has 3 rings (SSSR count). The largest absolute Gasteiger partial charge is 0.311 e. The molecule has 0 aliphatic carbocycles. The zero-order valence-corrected chi connectivity index (χ0v) is 11.7. The minimum Gasteiger partial charge on any atom is -0.311 e. The van der Waals surface area contributed by atoms with Gasteiger partial charge in [-0.3, -0.25) is 0 Å². The van der Waals surface area contributed by atoms with Crippen LogP contribution in [0, 0.1) is 0 Å². The topological polar surface area (TPSA) is 6.48 Å². The fourth-order valence-electron chi connectivity index (χ4n) is 3.25. The van der Waals surface area contributed by atoms with Crippen molar-refractivity contribution in [3.05, 3.63) is 30.3 Å². The molecule has 0 saturated carbocycles. The summed E-state index contributed by atoms with van der Waals surface area (Å²) in [6.07, 6.45) is 5.63. The molecule has 2 fully saturated rings. The normalized spacial score (nSPS) is 22.6. The average Bonchev–Trinajstić information content (AvgIpc) is 3.04. The summed E-state index contributed by atoms with van der Waals surface area (Å²) in [5, 5.41) is 1.62. The van der Waals surface area contributed by atoms with Gasteiger partial charge in [0.25, 0.3) is 0 Å². The standard InChI is InChI=1S/C14H22N2Si/c1-2-8-14(9-3-1)17(15-10-4-5-11-15)16-12-6-7-13-16/h1-3,8-9,17H,4-7,10-13H2. The number of hydrogen-bond acceptors (Lipinski definition) is 2. The molecule has 0 spiro atoms. The van der Waals surface area contributed by atoms with Crippen LogP contribution in [0.1, 0.15) is 25.7 Å². The average molecular weight is 246 g/mol. The lowest BCUT2D eigenvalue weighted by atomic mass is 10.4. The first-order valence-electron chi connectivity index (χ1n) is 6.98. The molecule has 17 heavy (non-hydrogen) atoms. The first-order chi connectivity index (χ1) is 8.45. The van der Waals surface area contributed by atoms with Crippen molar-refractivity contribution in [3.63, 3.8) is 0 Å². The number of benzene rings is 1. The van der Waals surface area contributed by atoms with Crippen LogP contribution >= 0.6 is 0 Å². The molecule has 2 saturated heterocycles. The Bertz CT molecular complexity index is 326. The minimum atomic E-state index is -1.03. The van der Waals surface area contributed by atoms with Crippen molar-refractivity contribution in [2.75, 3.05) is 26.2 Å². The van der Waals surface area contributed by atoms with E-state index in [4.69, 9.17) is 0 Å². The van der Waals surface area contributed by atoms with Gasteiger partial charge in [-0.25, -0.2) is 0 Å². The van der Waals surface area contributed by atoms with Crippen molar-refractivity contribution >= 4 is 14.3 Å². The van der Waals surface area contributed by atoms with Crippen molar-refractivity contribution in [1.82, 2.24) is 9.13 Å². The van der Waals surface area contributed by atoms with E-state index >= 15 is 0 Å². The quantitative estimate of drug-likeness (QED) is 0.742. The molecular formula is C14H22N2Si. The summed E-state index contributed by atoms with van der Waals surface area (Å²) in [6.45, 7) is 5.34. The summed E-state index contributed by atoms with van der Waals surface area (Å²) in [4.78, 5) is 0. The Kier molecular flexibility index (Phi) is 3.59. The van der Waals surface area contributed by atoms with Gasteiger partial charge in [0.15, 0.2) is 0 Å². The molecule has 2 aliphatic rings. The van der Waals surface area contributed by atoms with Crippen LogP contribution in [0.15, 0.2) is 30.3 Å². The van der Waals surface area contributed by atoms with E-state index in [-0.39, 0.29) is 0 Å². The van der Waals surface area contributed by atoms with E-state index in [1.165, 1.54) is 51.9 Å². The third kappa shape index (κ3) is 2.46. The summed E-state index contributed by atoms with van der Waals surface area (Å²) >= 11 is 0. The van der Waals surface area contributed by atoms with Crippen LogP contribution in [0.25, 0.3) is 0 Å². The van der Waals surface area contributed by atoms with Crippen molar-refractivity contribution in [3.8, 4) is 0 Å². The van der Waals surface area contributed by atoms with Gasteiger partial charge in [-0.1, -0.05) is 30.3 Å². The third-order valence-corrected chi connectivity index (χ3v) is 7.47. The van der Waals surface area contributed by atoms with Gasteiger partial charge in [0.1, 0.15) is 0 Å². The SMILES string of the molecule is c1ccc([SiH](N2CCCC2)N2CCCC2)cc1. The number of nitrogens with zero attached hydrogens (tertiary/aromatic N) is 2. The highest BCUT2D eigenvalue weighted by molar-refractivity contribution is 6.68. The summed E-state index contributed by atoms with van der Waals surface area (Å²) < 4.78 is 5.61. The Labute approximate surface area is 106 Å². The maximum absolute atomic E-state index is 2.81. The number of rotatable bonds is 3. The molecule has 3 heteroatoms. The monoisotopic (exact) mass is 246 g/mol. The lowest BCUT2D eigenvalue weighted by Gasteiger charge is -2.33. The van der Waals surface area contributed by atoms with E-state index in [9.17, 15) is 0 Å². The van der Waals surface area contributed by atoms with Crippen molar-refractivity contribution in [1.29, 1.82) is 0 Å². The van der Waals surface area contributed by atoms with E-state index < -0.39 is 9.12 Å². The maximum atomic E-state index is 2.81. The molecule has 2 heterocycles. The van der Waals surface area contributed by atoms with E-state index in [0.717, 1.165) is 0 Å². The van der Waals surface area contributed by atoms with Crippen LogP contribution in [0.4, 0.5) is 0 Å². The molecule has 0 N–H and O–H groups in total. The molecule has 0 bridgehead atoms. The lowest BCUT2D eigenvalue weighted by molar-refractivity contribution is 0.436. The van der Waals surface area contributed by atoms with Crippen molar-refractivity contribution < 1.29 is 0 Å². The van der Waals surface area contributed by atoms with Crippen LogP contribution in [-0.4, -0.2) is 44.4 Å². The predicted octanol–water partition coefficient (Wildman–Crippen LogP) is 1.31. The Balaban J connectivity index is 1.84. The van der Waals surface area contributed by atoms with Gasteiger partial charge in [0.05, 0.1) is 0 Å². The highest BCUT2D eigenvalue weighted by Crippen LogP contribution is 2.16. The van der Waals surface area contributed by atoms with Crippen LogP contribution < -0.4 is 5.19 Å². The van der Waals surface area contributed by atoms with Gasteiger partial charge in [-0.05, 0) is 57.0 Å². The van der Waals surface area contributed by atoms with Crippen LogP contribution in [0.3, 0.4) is 0 Å². The van der Waals surface area contributed by atoms with Gasteiger partial charge < -0.3 is 9.13 Å². The van der Waals surface area contributed by atoms with Gasteiger partial charge in [-0.2, -0.15) is 0 Å². The smallest absolute Gasteiger partial charge is 0.223 e. The molecule has 0 radical (unpaired) electrons. The van der Waals surface area contributed by atoms with Crippen LogP contribution in [0.5, 0.6) is 0 Å². The fraction of sp³-hybridized carbons (Fsp3) is 0.571. The first-order valence-corrected chi connectivity index (χ1v) is 8.59. The molecule has 0 unspecified atom stereocenters. The minimum absolute atomic E-state index is 1.03. The molecule has 1 aromatic rings. The van der Waals surface area contributed by atoms with Gasteiger partial charge >= 0.3 is 0 Å². The Morgan fingerprint density at radius 1 is 0.706 bits per heavy atom. The maximum Gasteiger partial charge on any atom is 0.223 e. The third-order valence-electron chi connectivity index (χ3n) is 4.07. The Hall–Kier alpha value is -0.643. The second-order valence-corrected chi connectivity index (χ2v) is 8.15. The molecule has 2 aliphatic heterocycles. The van der Waals surface area contributed by atoms with E-state index in [0.29, 0.717) is 0 Å². The lowest BCUT2D eigenvalue weighted by Crippen LogP contribution is -2.58. The van der Waals surface area contributed by atoms with E-state index in [2.05, 4.69) is 39.5 Å². The van der Waals surface area contributed by atoms with E-state index in [1.807, 2.05) is 0 Å². The van der Waals surface area contributed by atoms with Gasteiger partial charge in [0, 0.05) is 0 Å². The highest BCUT2D eigenvalue weighted by Gasteiger charge is 2.32. The zero-order chi connectivity index (χ0) is 11.5. The first kappa shape index (κ1) is 11.4. The van der Waals surface area contributed by atoms with Crippen molar-refractivity contribution in [2.24, 2.45) is 0 Å². The number of hydrogen-bond donors (Lipinski definition) is 0.